The van der Waals surface area contributed by atoms with Crippen molar-refractivity contribution in [3.05, 3.63) is 69.0 Å². The number of alkyl halides is 7. The van der Waals surface area contributed by atoms with Crippen molar-refractivity contribution in [3.63, 3.8) is 0 Å². The maximum atomic E-state index is 14.8. The summed E-state index contributed by atoms with van der Waals surface area (Å²) >= 11 is 5.65. The standard InChI is InChI=1S/C24H19ClF8N2O2/c1-11-5-12(3-4-15(11)20(36)34-14-8-22(29,30)9-14)18-10-23(37-35-18,24(31,32)33)16-6-13(21(2,27)28)7-17(25)19(16)26/h3-7,14H,8-10H2,1-2H3,(H,34,36)/t23-/m0/s1. The van der Waals surface area contributed by atoms with Crippen LogP contribution in [0, 0.1) is 12.7 Å². The summed E-state index contributed by atoms with van der Waals surface area (Å²) in [6.07, 6.45) is -7.33. The van der Waals surface area contributed by atoms with Crippen LogP contribution in [0.25, 0.3) is 0 Å². The second-order valence-corrected chi connectivity index (χ2v) is 9.71. The second-order valence-electron chi connectivity index (χ2n) is 9.30. The molecule has 4 rings (SSSR count). The Morgan fingerprint density at radius 1 is 1.14 bits per heavy atom. The number of aryl methyl sites for hydroxylation is 1. The van der Waals surface area contributed by atoms with Crippen LogP contribution in [0.5, 0.6) is 0 Å². The van der Waals surface area contributed by atoms with E-state index in [-0.39, 0.29) is 16.8 Å². The average molecular weight is 555 g/mol. The predicted molar refractivity (Wildman–Crippen MR) is 118 cm³/mol. The van der Waals surface area contributed by atoms with Gasteiger partial charge >= 0.3 is 6.18 Å². The first-order chi connectivity index (χ1) is 16.9. The molecule has 1 amide bonds. The zero-order chi connectivity index (χ0) is 27.6. The van der Waals surface area contributed by atoms with Crippen molar-refractivity contribution in [2.45, 2.75) is 62.8 Å². The molecule has 0 bridgehead atoms. The predicted octanol–water partition coefficient (Wildman–Crippen LogP) is 7.01. The zero-order valence-corrected chi connectivity index (χ0v) is 20.0. The van der Waals surface area contributed by atoms with Crippen LogP contribution in [0.4, 0.5) is 35.1 Å². The molecule has 1 aliphatic heterocycles. The maximum Gasteiger partial charge on any atom is 0.435 e. The lowest BCUT2D eigenvalue weighted by Gasteiger charge is -2.35. The van der Waals surface area contributed by atoms with Crippen LogP contribution >= 0.6 is 11.6 Å². The third-order valence-corrected chi connectivity index (χ3v) is 6.66. The Morgan fingerprint density at radius 3 is 2.32 bits per heavy atom. The van der Waals surface area contributed by atoms with E-state index in [9.17, 15) is 39.9 Å². The first kappa shape index (κ1) is 27.2. The number of rotatable bonds is 5. The van der Waals surface area contributed by atoms with Crippen molar-refractivity contribution in [1.29, 1.82) is 0 Å². The number of oxime groups is 1. The van der Waals surface area contributed by atoms with Gasteiger partial charge in [0.1, 0.15) is 5.82 Å². The minimum Gasteiger partial charge on any atom is -0.374 e. The van der Waals surface area contributed by atoms with Crippen LogP contribution in [0.1, 0.15) is 58.8 Å². The summed E-state index contributed by atoms with van der Waals surface area (Å²) in [5.74, 6) is -8.66. The van der Waals surface area contributed by atoms with Gasteiger partial charge in [0.2, 0.25) is 0 Å². The van der Waals surface area contributed by atoms with Crippen molar-refractivity contribution in [2.24, 2.45) is 5.16 Å². The van der Waals surface area contributed by atoms with Gasteiger partial charge in [-0.05, 0) is 42.3 Å². The summed E-state index contributed by atoms with van der Waals surface area (Å²) in [5.41, 5.74) is -5.39. The van der Waals surface area contributed by atoms with Crippen LogP contribution in [0.3, 0.4) is 0 Å². The summed E-state index contributed by atoms with van der Waals surface area (Å²) in [4.78, 5) is 17.2. The Morgan fingerprint density at radius 2 is 1.78 bits per heavy atom. The fourth-order valence-electron chi connectivity index (χ4n) is 4.30. The number of hydrogen-bond donors (Lipinski definition) is 1. The van der Waals surface area contributed by atoms with Crippen molar-refractivity contribution < 1.29 is 44.8 Å². The number of hydrogen-bond acceptors (Lipinski definition) is 3. The molecule has 0 radical (unpaired) electrons. The van der Waals surface area contributed by atoms with E-state index in [1.165, 1.54) is 25.1 Å². The highest BCUT2D eigenvalue weighted by Crippen LogP contribution is 2.51. The van der Waals surface area contributed by atoms with Crippen LogP contribution in [0.15, 0.2) is 35.5 Å². The quantitative estimate of drug-likeness (QED) is 0.404. The van der Waals surface area contributed by atoms with E-state index >= 15 is 0 Å². The normalized spacial score (nSPS) is 21.8. The van der Waals surface area contributed by atoms with Gasteiger partial charge in [0.15, 0.2) is 0 Å². The van der Waals surface area contributed by atoms with Crippen molar-refractivity contribution in [1.82, 2.24) is 5.32 Å². The molecule has 0 aromatic heterocycles. The molecular weight excluding hydrogens is 536 g/mol. The summed E-state index contributed by atoms with van der Waals surface area (Å²) < 4.78 is 112. The highest BCUT2D eigenvalue weighted by molar-refractivity contribution is 6.30. The fraction of sp³-hybridized carbons (Fsp3) is 0.417. The third-order valence-electron chi connectivity index (χ3n) is 6.39. The molecule has 2 aromatic rings. The van der Waals surface area contributed by atoms with Crippen LogP contribution in [-0.2, 0) is 16.4 Å². The SMILES string of the molecule is Cc1cc(C2=NO[C@@](c3cc(C(C)(F)F)cc(Cl)c3F)(C(F)(F)F)C2)ccc1C(=O)NC1CC(F)(F)C1. The topological polar surface area (TPSA) is 50.7 Å². The van der Waals surface area contributed by atoms with Gasteiger partial charge in [0.25, 0.3) is 23.4 Å². The fourth-order valence-corrected chi connectivity index (χ4v) is 4.52. The van der Waals surface area contributed by atoms with Gasteiger partial charge in [-0.25, -0.2) is 22.0 Å². The molecule has 37 heavy (non-hydrogen) atoms. The van der Waals surface area contributed by atoms with E-state index in [1.54, 1.807) is 0 Å². The maximum absolute atomic E-state index is 14.8. The van der Waals surface area contributed by atoms with Crippen LogP contribution in [0.2, 0.25) is 5.02 Å². The van der Waals surface area contributed by atoms with Gasteiger partial charge < -0.3 is 10.2 Å². The lowest BCUT2D eigenvalue weighted by atomic mass is 9.84. The second kappa shape index (κ2) is 8.85. The van der Waals surface area contributed by atoms with Gasteiger partial charge in [0.05, 0.1) is 17.2 Å². The molecule has 1 atom stereocenters. The molecule has 0 saturated heterocycles. The number of benzene rings is 2. The van der Waals surface area contributed by atoms with Gasteiger partial charge in [-0.15, -0.1) is 0 Å². The highest BCUT2D eigenvalue weighted by Gasteiger charge is 2.64. The lowest BCUT2D eigenvalue weighted by Crippen LogP contribution is -2.50. The van der Waals surface area contributed by atoms with E-state index in [0.717, 1.165) is 0 Å². The number of halogens is 9. The van der Waals surface area contributed by atoms with Crippen molar-refractivity contribution >= 4 is 23.2 Å². The van der Waals surface area contributed by atoms with Crippen LogP contribution < -0.4 is 5.32 Å². The summed E-state index contributed by atoms with van der Waals surface area (Å²) in [5, 5.41) is 5.01. The Hall–Kier alpha value is -2.89. The molecule has 0 unspecified atom stereocenters. The molecule has 2 aliphatic rings. The van der Waals surface area contributed by atoms with E-state index < -0.39 is 76.8 Å². The Kier molecular flexibility index (Phi) is 6.49. The number of nitrogens with zero attached hydrogens (tertiary/aromatic N) is 1. The summed E-state index contributed by atoms with van der Waals surface area (Å²) in [7, 11) is 0. The first-order valence-corrected chi connectivity index (χ1v) is 11.3. The number of carbonyl (C=O) groups excluding carboxylic acids is 1. The highest BCUT2D eigenvalue weighted by atomic mass is 35.5. The molecular formula is C24H19ClF8N2O2. The summed E-state index contributed by atoms with van der Waals surface area (Å²) in [6.45, 7) is 1.91. The van der Waals surface area contributed by atoms with Gasteiger partial charge in [0, 0.05) is 42.5 Å². The average Bonchev–Trinajstić information content (AvgIpc) is 3.20. The monoisotopic (exact) mass is 554 g/mol. The van der Waals surface area contributed by atoms with E-state index in [2.05, 4.69) is 10.5 Å². The van der Waals surface area contributed by atoms with Crippen molar-refractivity contribution in [2.75, 3.05) is 0 Å². The molecule has 0 spiro atoms. The molecule has 2 aromatic carbocycles. The van der Waals surface area contributed by atoms with E-state index in [0.29, 0.717) is 24.6 Å². The lowest BCUT2D eigenvalue weighted by molar-refractivity contribution is -0.276. The van der Waals surface area contributed by atoms with Gasteiger partial charge in [-0.1, -0.05) is 22.8 Å². The Labute approximate surface area is 210 Å². The van der Waals surface area contributed by atoms with Gasteiger partial charge in [-0.3, -0.25) is 4.79 Å². The minimum absolute atomic E-state index is 0.0961. The largest absolute Gasteiger partial charge is 0.435 e. The zero-order valence-electron chi connectivity index (χ0n) is 19.3. The van der Waals surface area contributed by atoms with E-state index in [4.69, 9.17) is 16.4 Å². The Balaban J connectivity index is 1.63. The van der Waals surface area contributed by atoms with Crippen LogP contribution in [-0.4, -0.2) is 29.8 Å². The van der Waals surface area contributed by atoms with Gasteiger partial charge in [-0.2, -0.15) is 13.2 Å². The molecule has 1 aliphatic carbocycles. The molecule has 4 nitrogen and oxygen atoms in total. The molecule has 1 fully saturated rings. The third kappa shape index (κ3) is 4.99. The smallest absolute Gasteiger partial charge is 0.374 e. The number of carbonyl (C=O) groups is 1. The molecule has 13 heteroatoms. The summed E-state index contributed by atoms with van der Waals surface area (Å²) in [6, 6.07) is 4.08. The molecule has 1 N–H and O–H groups in total. The van der Waals surface area contributed by atoms with E-state index in [1.807, 2.05) is 0 Å². The van der Waals surface area contributed by atoms with Crippen molar-refractivity contribution in [3.8, 4) is 0 Å². The molecule has 1 heterocycles. The Bertz CT molecular complexity index is 1280. The first-order valence-electron chi connectivity index (χ1n) is 10.9. The number of amides is 1. The minimum atomic E-state index is -5.29. The molecule has 200 valence electrons. The number of nitrogens with one attached hydrogen (secondary N) is 1. The molecule has 1 saturated carbocycles.